The Morgan fingerprint density at radius 3 is 2.48 bits per heavy atom. The summed E-state index contributed by atoms with van der Waals surface area (Å²) < 4.78 is 12.6. The largest absolute Gasteiger partial charge is 0.493 e. The molecule has 0 bridgehead atoms. The third-order valence-corrected chi connectivity index (χ3v) is 3.67. The molecule has 5 nitrogen and oxygen atoms in total. The van der Waals surface area contributed by atoms with Crippen LogP contribution in [0.25, 0.3) is 0 Å². The Kier molecular flexibility index (Phi) is 4.85. The lowest BCUT2D eigenvalue weighted by Gasteiger charge is -2.10. The lowest BCUT2D eigenvalue weighted by atomic mass is 10.2. The van der Waals surface area contributed by atoms with Gasteiger partial charge in [0.2, 0.25) is 0 Å². The van der Waals surface area contributed by atoms with Crippen molar-refractivity contribution in [3.8, 4) is 11.5 Å². The topological polar surface area (TPSA) is 48.3 Å². The van der Waals surface area contributed by atoms with E-state index in [4.69, 9.17) is 9.47 Å². The molecular formula is C16H23N3O2. The van der Waals surface area contributed by atoms with Gasteiger partial charge < -0.3 is 14.8 Å². The van der Waals surface area contributed by atoms with Crippen molar-refractivity contribution >= 4 is 0 Å². The maximum absolute atomic E-state index is 5.35. The predicted molar refractivity (Wildman–Crippen MR) is 83.1 cm³/mol. The fourth-order valence-corrected chi connectivity index (χ4v) is 2.47. The second-order valence-electron chi connectivity index (χ2n) is 5.03. The molecule has 0 fully saturated rings. The first kappa shape index (κ1) is 15.4. The molecule has 2 aromatic rings. The maximum atomic E-state index is 5.35. The molecule has 1 N–H and O–H groups in total. The zero-order valence-electron chi connectivity index (χ0n) is 13.4. The van der Waals surface area contributed by atoms with Crippen LogP contribution in [0.4, 0.5) is 0 Å². The molecule has 0 saturated carbocycles. The van der Waals surface area contributed by atoms with Crippen molar-refractivity contribution in [1.82, 2.24) is 15.1 Å². The molecule has 0 amide bonds. The highest BCUT2D eigenvalue weighted by atomic mass is 16.5. The van der Waals surface area contributed by atoms with Crippen molar-refractivity contribution in [3.05, 3.63) is 40.7 Å². The summed E-state index contributed by atoms with van der Waals surface area (Å²) in [5.74, 6) is 1.48. The van der Waals surface area contributed by atoms with Gasteiger partial charge in [0.15, 0.2) is 11.5 Å². The molecule has 5 heteroatoms. The van der Waals surface area contributed by atoms with Gasteiger partial charge in [0.05, 0.1) is 26.5 Å². The number of ether oxygens (including phenoxy) is 2. The monoisotopic (exact) mass is 289 g/mol. The molecule has 0 radical (unpaired) electrons. The van der Waals surface area contributed by atoms with Gasteiger partial charge in [-0.05, 0) is 38.6 Å². The van der Waals surface area contributed by atoms with Crippen LogP contribution in [0.2, 0.25) is 0 Å². The van der Waals surface area contributed by atoms with Crippen LogP contribution < -0.4 is 14.8 Å². The number of rotatable bonds is 6. The van der Waals surface area contributed by atoms with Gasteiger partial charge in [0, 0.05) is 17.8 Å². The van der Waals surface area contributed by atoms with Gasteiger partial charge in [-0.3, -0.25) is 4.68 Å². The van der Waals surface area contributed by atoms with E-state index in [2.05, 4.69) is 17.3 Å². The van der Waals surface area contributed by atoms with E-state index >= 15 is 0 Å². The lowest BCUT2D eigenvalue weighted by Crippen LogP contribution is -2.08. The summed E-state index contributed by atoms with van der Waals surface area (Å²) >= 11 is 0. The van der Waals surface area contributed by atoms with Gasteiger partial charge in [-0.2, -0.15) is 5.10 Å². The molecule has 0 unspecified atom stereocenters. The Balaban J connectivity index is 2.28. The van der Waals surface area contributed by atoms with Crippen molar-refractivity contribution in [2.45, 2.75) is 26.9 Å². The zero-order valence-corrected chi connectivity index (χ0v) is 13.4. The van der Waals surface area contributed by atoms with E-state index in [1.807, 2.05) is 36.9 Å². The number of hydrogen-bond acceptors (Lipinski definition) is 4. The molecule has 0 saturated heterocycles. The number of aryl methyl sites for hydroxylation is 1. The minimum atomic E-state index is 0.719. The Labute approximate surface area is 125 Å². The summed E-state index contributed by atoms with van der Waals surface area (Å²) in [6.45, 7) is 5.71. The Hall–Kier alpha value is -2.01. The molecule has 1 heterocycles. The summed E-state index contributed by atoms with van der Waals surface area (Å²) in [4.78, 5) is 0. The Bertz CT molecular complexity index is 620. The number of hydrogen-bond donors (Lipinski definition) is 1. The van der Waals surface area contributed by atoms with Crippen LogP contribution in [0.5, 0.6) is 11.5 Å². The second-order valence-corrected chi connectivity index (χ2v) is 5.03. The minimum absolute atomic E-state index is 0.719. The number of methoxy groups -OCH3 is 2. The summed E-state index contributed by atoms with van der Waals surface area (Å²) in [6.07, 6.45) is 0. The first-order valence-electron chi connectivity index (χ1n) is 6.99. The number of nitrogens with one attached hydrogen (secondary N) is 1. The third-order valence-electron chi connectivity index (χ3n) is 3.67. The first-order chi connectivity index (χ1) is 10.1. The van der Waals surface area contributed by atoms with E-state index in [-0.39, 0.29) is 0 Å². The van der Waals surface area contributed by atoms with Crippen LogP contribution in [-0.2, 0) is 13.1 Å². The molecule has 0 spiro atoms. The van der Waals surface area contributed by atoms with Gasteiger partial charge in [0.25, 0.3) is 0 Å². The summed E-state index contributed by atoms with van der Waals surface area (Å²) in [7, 11) is 5.24. The third kappa shape index (κ3) is 3.19. The molecule has 114 valence electrons. The maximum Gasteiger partial charge on any atom is 0.161 e. The molecular weight excluding hydrogens is 266 g/mol. The highest BCUT2D eigenvalue weighted by Crippen LogP contribution is 2.28. The highest BCUT2D eigenvalue weighted by molar-refractivity contribution is 5.43. The van der Waals surface area contributed by atoms with Crippen molar-refractivity contribution < 1.29 is 9.47 Å². The fraction of sp³-hybridized carbons (Fsp3) is 0.438. The molecule has 0 atom stereocenters. The first-order valence-corrected chi connectivity index (χ1v) is 6.99. The molecule has 21 heavy (non-hydrogen) atoms. The average molecular weight is 289 g/mol. The van der Waals surface area contributed by atoms with E-state index in [9.17, 15) is 0 Å². The molecule has 0 aliphatic heterocycles. The standard InChI is InChI=1S/C16H23N3O2/c1-11-14(9-17-3)12(2)19(18-11)10-13-6-7-15(20-4)16(8-13)21-5/h6-8,17H,9-10H2,1-5H3. The van der Waals surface area contributed by atoms with E-state index < -0.39 is 0 Å². The Morgan fingerprint density at radius 2 is 1.86 bits per heavy atom. The fourth-order valence-electron chi connectivity index (χ4n) is 2.47. The van der Waals surface area contributed by atoms with Gasteiger partial charge in [-0.1, -0.05) is 6.07 Å². The van der Waals surface area contributed by atoms with Crippen LogP contribution in [0.3, 0.4) is 0 Å². The van der Waals surface area contributed by atoms with Gasteiger partial charge in [-0.15, -0.1) is 0 Å². The second kappa shape index (κ2) is 6.63. The van der Waals surface area contributed by atoms with E-state index in [1.54, 1.807) is 14.2 Å². The lowest BCUT2D eigenvalue weighted by molar-refractivity contribution is 0.354. The smallest absolute Gasteiger partial charge is 0.161 e. The summed E-state index contributed by atoms with van der Waals surface area (Å²) in [5.41, 5.74) is 4.66. The van der Waals surface area contributed by atoms with Crippen LogP contribution >= 0.6 is 0 Å². The van der Waals surface area contributed by atoms with Gasteiger partial charge in [0.1, 0.15) is 0 Å². The Morgan fingerprint density at radius 1 is 1.14 bits per heavy atom. The van der Waals surface area contributed by atoms with Crippen LogP contribution in [0, 0.1) is 13.8 Å². The molecule has 0 aliphatic rings. The van der Waals surface area contributed by atoms with Crippen molar-refractivity contribution in [2.24, 2.45) is 0 Å². The van der Waals surface area contributed by atoms with Gasteiger partial charge >= 0.3 is 0 Å². The number of benzene rings is 1. The van der Waals surface area contributed by atoms with Crippen LogP contribution in [-0.4, -0.2) is 31.0 Å². The van der Waals surface area contributed by atoms with E-state index in [0.717, 1.165) is 35.8 Å². The molecule has 1 aromatic heterocycles. The van der Waals surface area contributed by atoms with E-state index in [0.29, 0.717) is 0 Å². The predicted octanol–water partition coefficient (Wildman–Crippen LogP) is 2.28. The highest BCUT2D eigenvalue weighted by Gasteiger charge is 2.12. The normalized spacial score (nSPS) is 10.7. The van der Waals surface area contributed by atoms with E-state index in [1.165, 1.54) is 11.3 Å². The SMILES string of the molecule is CNCc1c(C)nn(Cc2ccc(OC)c(OC)c2)c1C. The summed E-state index contributed by atoms with van der Waals surface area (Å²) in [6, 6.07) is 5.96. The van der Waals surface area contributed by atoms with Crippen molar-refractivity contribution in [1.29, 1.82) is 0 Å². The molecule has 2 rings (SSSR count). The number of aromatic nitrogens is 2. The summed E-state index contributed by atoms with van der Waals surface area (Å²) in [5, 5.41) is 7.81. The minimum Gasteiger partial charge on any atom is -0.493 e. The quantitative estimate of drug-likeness (QED) is 0.886. The number of nitrogens with zero attached hydrogens (tertiary/aromatic N) is 2. The average Bonchev–Trinajstić information content (AvgIpc) is 2.75. The van der Waals surface area contributed by atoms with Crippen molar-refractivity contribution in [2.75, 3.05) is 21.3 Å². The molecule has 0 aliphatic carbocycles. The van der Waals surface area contributed by atoms with Gasteiger partial charge in [-0.25, -0.2) is 0 Å². The molecule has 1 aromatic carbocycles. The van der Waals surface area contributed by atoms with Crippen LogP contribution in [0.15, 0.2) is 18.2 Å². The van der Waals surface area contributed by atoms with Crippen LogP contribution in [0.1, 0.15) is 22.5 Å². The van der Waals surface area contributed by atoms with Crippen molar-refractivity contribution in [3.63, 3.8) is 0 Å². The zero-order chi connectivity index (χ0) is 15.4.